The molecule has 0 spiro atoms. The lowest BCUT2D eigenvalue weighted by atomic mass is 10.1. The average Bonchev–Trinajstić information content (AvgIpc) is 2.55. The maximum absolute atomic E-state index is 5.39. The maximum Gasteiger partial charge on any atom is 0.127 e. The van der Waals surface area contributed by atoms with Crippen LogP contribution in [-0.2, 0) is 13.1 Å². The van der Waals surface area contributed by atoms with Crippen molar-refractivity contribution in [1.82, 2.24) is 5.32 Å². The van der Waals surface area contributed by atoms with Crippen molar-refractivity contribution in [3.05, 3.63) is 53.6 Å². The zero-order chi connectivity index (χ0) is 15.1. The van der Waals surface area contributed by atoms with Gasteiger partial charge in [0, 0.05) is 30.3 Å². The summed E-state index contributed by atoms with van der Waals surface area (Å²) in [5.74, 6) is 2.51. The van der Waals surface area contributed by atoms with Gasteiger partial charge in [0.2, 0.25) is 0 Å². The Morgan fingerprint density at radius 3 is 2.05 bits per heavy atom. The van der Waals surface area contributed by atoms with Crippen molar-refractivity contribution in [3.8, 4) is 17.2 Å². The van der Waals surface area contributed by atoms with Crippen LogP contribution in [0.15, 0.2) is 42.5 Å². The van der Waals surface area contributed by atoms with Crippen molar-refractivity contribution in [2.45, 2.75) is 13.1 Å². The molecule has 0 aliphatic carbocycles. The van der Waals surface area contributed by atoms with Gasteiger partial charge in [-0.2, -0.15) is 0 Å². The third-order valence-electron chi connectivity index (χ3n) is 3.32. The lowest BCUT2D eigenvalue weighted by Crippen LogP contribution is -3.00. The minimum atomic E-state index is 0. The predicted octanol–water partition coefficient (Wildman–Crippen LogP) is 0.00620. The first-order valence-electron chi connectivity index (χ1n) is 6.82. The molecule has 0 aliphatic rings. The molecule has 0 unspecified atom stereocenters. The molecule has 22 heavy (non-hydrogen) atoms. The van der Waals surface area contributed by atoms with Gasteiger partial charge in [0.1, 0.15) is 17.2 Å². The summed E-state index contributed by atoms with van der Waals surface area (Å²) >= 11 is 0. The second kappa shape index (κ2) is 9.18. The molecule has 0 bridgehead atoms. The van der Waals surface area contributed by atoms with Crippen LogP contribution in [0.3, 0.4) is 0 Å². The summed E-state index contributed by atoms with van der Waals surface area (Å²) in [6.45, 7) is 1.45. The standard InChI is InChI=1S/C17H21NO3.ClH/c1-19-15-9-8-14(17(10-15)21-3)12-18-11-13-6-4-5-7-16(13)20-2;/h4-10,18H,11-12H2,1-3H3;1H/p-1. The van der Waals surface area contributed by atoms with Gasteiger partial charge in [-0.05, 0) is 12.1 Å². The molecule has 0 aliphatic heterocycles. The molecule has 1 N–H and O–H groups in total. The van der Waals surface area contributed by atoms with Crippen LogP contribution in [-0.4, -0.2) is 21.3 Å². The first kappa shape index (κ1) is 18.1. The van der Waals surface area contributed by atoms with Crippen LogP contribution in [0, 0.1) is 0 Å². The Morgan fingerprint density at radius 2 is 1.41 bits per heavy atom. The summed E-state index contributed by atoms with van der Waals surface area (Å²) in [5, 5.41) is 3.40. The highest BCUT2D eigenvalue weighted by atomic mass is 35.5. The molecule has 2 aromatic rings. The summed E-state index contributed by atoms with van der Waals surface area (Å²) in [7, 11) is 5.00. The monoisotopic (exact) mass is 322 g/mol. The average molecular weight is 323 g/mol. The molecule has 5 heteroatoms. The van der Waals surface area contributed by atoms with Crippen LogP contribution in [0.2, 0.25) is 0 Å². The first-order valence-corrected chi connectivity index (χ1v) is 6.82. The van der Waals surface area contributed by atoms with Gasteiger partial charge in [-0.3, -0.25) is 0 Å². The summed E-state index contributed by atoms with van der Waals surface area (Å²) in [5.41, 5.74) is 2.22. The highest BCUT2D eigenvalue weighted by Crippen LogP contribution is 2.24. The molecule has 120 valence electrons. The summed E-state index contributed by atoms with van der Waals surface area (Å²) in [4.78, 5) is 0. The minimum absolute atomic E-state index is 0. The molecule has 0 heterocycles. The van der Waals surface area contributed by atoms with Gasteiger partial charge in [0.25, 0.3) is 0 Å². The minimum Gasteiger partial charge on any atom is -1.00 e. The fourth-order valence-electron chi connectivity index (χ4n) is 2.18. The van der Waals surface area contributed by atoms with E-state index < -0.39 is 0 Å². The van der Waals surface area contributed by atoms with Crippen LogP contribution in [0.4, 0.5) is 0 Å². The Morgan fingerprint density at radius 1 is 0.773 bits per heavy atom. The maximum atomic E-state index is 5.39. The van der Waals surface area contributed by atoms with Crippen molar-refractivity contribution < 1.29 is 26.6 Å². The third kappa shape index (κ3) is 4.55. The van der Waals surface area contributed by atoms with E-state index in [-0.39, 0.29) is 12.4 Å². The molecule has 0 amide bonds. The van der Waals surface area contributed by atoms with Crippen molar-refractivity contribution in [1.29, 1.82) is 0 Å². The first-order chi connectivity index (χ1) is 10.3. The number of methoxy groups -OCH3 is 3. The van der Waals surface area contributed by atoms with Gasteiger partial charge in [0.05, 0.1) is 21.3 Å². The molecular formula is C17H21ClNO3-. The van der Waals surface area contributed by atoms with Crippen molar-refractivity contribution >= 4 is 0 Å². The molecule has 0 aromatic heterocycles. The summed E-state index contributed by atoms with van der Waals surface area (Å²) in [6.07, 6.45) is 0. The fourth-order valence-corrected chi connectivity index (χ4v) is 2.18. The van der Waals surface area contributed by atoms with Gasteiger partial charge < -0.3 is 31.9 Å². The highest BCUT2D eigenvalue weighted by Gasteiger charge is 2.06. The molecule has 4 nitrogen and oxygen atoms in total. The van der Waals surface area contributed by atoms with E-state index in [0.29, 0.717) is 6.54 Å². The topological polar surface area (TPSA) is 39.7 Å². The smallest absolute Gasteiger partial charge is 0.127 e. The van der Waals surface area contributed by atoms with Gasteiger partial charge in [0.15, 0.2) is 0 Å². The van der Waals surface area contributed by atoms with E-state index in [0.717, 1.165) is 34.9 Å². The molecular weight excluding hydrogens is 302 g/mol. The number of ether oxygens (including phenoxy) is 3. The predicted molar refractivity (Wildman–Crippen MR) is 83.1 cm³/mol. The van der Waals surface area contributed by atoms with Gasteiger partial charge in [-0.1, -0.05) is 24.3 Å². The van der Waals surface area contributed by atoms with Crippen molar-refractivity contribution in [2.75, 3.05) is 21.3 Å². The number of halogens is 1. The second-order valence-electron chi connectivity index (χ2n) is 4.59. The lowest BCUT2D eigenvalue weighted by Gasteiger charge is -2.12. The largest absolute Gasteiger partial charge is 1.00 e. The number of benzene rings is 2. The quantitative estimate of drug-likeness (QED) is 0.779. The van der Waals surface area contributed by atoms with E-state index in [1.54, 1.807) is 21.3 Å². The summed E-state index contributed by atoms with van der Waals surface area (Å²) < 4.78 is 15.9. The van der Waals surface area contributed by atoms with E-state index in [1.807, 2.05) is 36.4 Å². The zero-order valence-corrected chi connectivity index (χ0v) is 13.8. The number of nitrogens with one attached hydrogen (secondary N) is 1. The Labute approximate surface area is 137 Å². The van der Waals surface area contributed by atoms with Crippen LogP contribution in [0.5, 0.6) is 17.2 Å². The van der Waals surface area contributed by atoms with Crippen LogP contribution >= 0.6 is 0 Å². The van der Waals surface area contributed by atoms with Gasteiger partial charge in [-0.25, -0.2) is 0 Å². The molecule has 0 fully saturated rings. The van der Waals surface area contributed by atoms with E-state index >= 15 is 0 Å². The molecule has 2 aromatic carbocycles. The molecule has 0 saturated carbocycles. The Bertz CT molecular complexity index is 590. The van der Waals surface area contributed by atoms with E-state index in [4.69, 9.17) is 14.2 Å². The third-order valence-corrected chi connectivity index (χ3v) is 3.32. The normalized spacial score (nSPS) is 9.77. The van der Waals surface area contributed by atoms with Crippen LogP contribution in [0.25, 0.3) is 0 Å². The van der Waals surface area contributed by atoms with Crippen molar-refractivity contribution in [2.24, 2.45) is 0 Å². The lowest BCUT2D eigenvalue weighted by molar-refractivity contribution is -0.00000525. The van der Waals surface area contributed by atoms with E-state index in [2.05, 4.69) is 11.4 Å². The SMILES string of the molecule is COc1ccc(CNCc2ccccc2OC)c(OC)c1.[Cl-]. The summed E-state index contributed by atoms with van der Waals surface area (Å²) in [6, 6.07) is 13.8. The second-order valence-corrected chi connectivity index (χ2v) is 4.59. The van der Waals surface area contributed by atoms with E-state index in [9.17, 15) is 0 Å². The van der Waals surface area contributed by atoms with Gasteiger partial charge in [-0.15, -0.1) is 0 Å². The number of hydrogen-bond donors (Lipinski definition) is 1. The Balaban J connectivity index is 0.00000242. The van der Waals surface area contributed by atoms with Crippen LogP contribution < -0.4 is 31.9 Å². The molecule has 0 radical (unpaired) electrons. The van der Waals surface area contributed by atoms with E-state index in [1.165, 1.54) is 0 Å². The van der Waals surface area contributed by atoms with Gasteiger partial charge >= 0.3 is 0 Å². The number of hydrogen-bond acceptors (Lipinski definition) is 4. The highest BCUT2D eigenvalue weighted by molar-refractivity contribution is 5.40. The molecule has 0 atom stereocenters. The number of rotatable bonds is 7. The molecule has 0 saturated heterocycles. The van der Waals surface area contributed by atoms with Crippen molar-refractivity contribution in [3.63, 3.8) is 0 Å². The molecule has 2 rings (SSSR count). The Hall–Kier alpha value is -1.91. The fraction of sp³-hybridized carbons (Fsp3) is 0.294. The number of para-hydroxylation sites is 1. The Kier molecular flexibility index (Phi) is 7.57. The van der Waals surface area contributed by atoms with Crippen LogP contribution in [0.1, 0.15) is 11.1 Å². The zero-order valence-electron chi connectivity index (χ0n) is 13.1.